The number of amides is 1. The SMILES string of the molecule is Cl.O=C(N[C@H]1CCCNC1)c1ccc2c(c1)OCO2. The molecular formula is C13H17ClN2O3. The summed E-state index contributed by atoms with van der Waals surface area (Å²) >= 11 is 0. The number of fused-ring (bicyclic) bond motifs is 1. The first kappa shape index (κ1) is 14.0. The molecule has 104 valence electrons. The number of carbonyl (C=O) groups excluding carboxylic acids is 1. The Morgan fingerprint density at radius 1 is 1.32 bits per heavy atom. The zero-order chi connectivity index (χ0) is 12.4. The molecule has 2 N–H and O–H groups in total. The van der Waals surface area contributed by atoms with E-state index in [4.69, 9.17) is 9.47 Å². The first-order valence-corrected chi connectivity index (χ1v) is 6.24. The van der Waals surface area contributed by atoms with E-state index >= 15 is 0 Å². The Bertz CT molecular complexity index is 461. The van der Waals surface area contributed by atoms with E-state index in [9.17, 15) is 4.79 Å². The van der Waals surface area contributed by atoms with Crippen LogP contribution in [0.2, 0.25) is 0 Å². The smallest absolute Gasteiger partial charge is 0.251 e. The molecule has 1 amide bonds. The van der Waals surface area contributed by atoms with Crippen LogP contribution in [0, 0.1) is 0 Å². The fraction of sp³-hybridized carbons (Fsp3) is 0.462. The number of ether oxygens (including phenoxy) is 2. The Balaban J connectivity index is 0.00000133. The average Bonchev–Trinajstić information content (AvgIpc) is 2.87. The Hall–Kier alpha value is -1.46. The number of halogens is 1. The molecule has 0 unspecified atom stereocenters. The van der Waals surface area contributed by atoms with E-state index < -0.39 is 0 Å². The van der Waals surface area contributed by atoms with Crippen LogP contribution in [0.15, 0.2) is 18.2 Å². The highest BCUT2D eigenvalue weighted by atomic mass is 35.5. The van der Waals surface area contributed by atoms with Gasteiger partial charge < -0.3 is 20.1 Å². The summed E-state index contributed by atoms with van der Waals surface area (Å²) in [5, 5.41) is 6.30. The molecule has 1 fully saturated rings. The lowest BCUT2D eigenvalue weighted by Gasteiger charge is -2.23. The van der Waals surface area contributed by atoms with Gasteiger partial charge in [-0.3, -0.25) is 4.79 Å². The fourth-order valence-electron chi connectivity index (χ4n) is 2.28. The molecule has 0 spiro atoms. The minimum absolute atomic E-state index is 0. The summed E-state index contributed by atoms with van der Waals surface area (Å²) in [6, 6.07) is 5.49. The molecule has 1 aromatic rings. The second-order valence-corrected chi connectivity index (χ2v) is 4.58. The summed E-state index contributed by atoms with van der Waals surface area (Å²) in [4.78, 5) is 12.1. The normalized spacial score (nSPS) is 20.5. The van der Waals surface area contributed by atoms with Crippen molar-refractivity contribution in [3.63, 3.8) is 0 Å². The van der Waals surface area contributed by atoms with E-state index in [-0.39, 0.29) is 31.1 Å². The van der Waals surface area contributed by atoms with Gasteiger partial charge >= 0.3 is 0 Å². The van der Waals surface area contributed by atoms with E-state index in [1.807, 2.05) is 0 Å². The molecule has 2 heterocycles. The first-order chi connectivity index (χ1) is 8.83. The Morgan fingerprint density at radius 3 is 2.95 bits per heavy atom. The number of carbonyl (C=O) groups is 1. The van der Waals surface area contributed by atoms with E-state index in [2.05, 4.69) is 10.6 Å². The van der Waals surface area contributed by atoms with Crippen LogP contribution >= 0.6 is 12.4 Å². The van der Waals surface area contributed by atoms with E-state index in [1.165, 1.54) is 0 Å². The highest BCUT2D eigenvalue weighted by Crippen LogP contribution is 2.32. The molecule has 5 nitrogen and oxygen atoms in total. The first-order valence-electron chi connectivity index (χ1n) is 6.24. The Morgan fingerprint density at radius 2 is 2.16 bits per heavy atom. The molecule has 0 bridgehead atoms. The molecule has 0 radical (unpaired) electrons. The Labute approximate surface area is 118 Å². The summed E-state index contributed by atoms with van der Waals surface area (Å²) in [6.45, 7) is 2.11. The summed E-state index contributed by atoms with van der Waals surface area (Å²) in [5.41, 5.74) is 0.616. The molecule has 0 saturated carbocycles. The zero-order valence-electron chi connectivity index (χ0n) is 10.5. The minimum atomic E-state index is -0.0537. The third kappa shape index (κ3) is 3.11. The van der Waals surface area contributed by atoms with Gasteiger partial charge in [0.05, 0.1) is 0 Å². The number of piperidine rings is 1. The van der Waals surface area contributed by atoms with Gasteiger partial charge in [0.15, 0.2) is 11.5 Å². The van der Waals surface area contributed by atoms with Gasteiger partial charge in [-0.1, -0.05) is 0 Å². The van der Waals surface area contributed by atoms with Gasteiger partial charge in [-0.2, -0.15) is 0 Å². The predicted octanol–water partition coefficient (Wildman–Crippen LogP) is 1.32. The van der Waals surface area contributed by atoms with Crippen LogP contribution < -0.4 is 20.1 Å². The van der Waals surface area contributed by atoms with Gasteiger partial charge in [-0.15, -0.1) is 12.4 Å². The summed E-state index contributed by atoms with van der Waals surface area (Å²) in [7, 11) is 0. The van der Waals surface area contributed by atoms with Gasteiger partial charge in [0.1, 0.15) is 0 Å². The lowest BCUT2D eigenvalue weighted by atomic mass is 10.1. The van der Waals surface area contributed by atoms with Crippen molar-refractivity contribution in [3.05, 3.63) is 23.8 Å². The topological polar surface area (TPSA) is 59.6 Å². The minimum Gasteiger partial charge on any atom is -0.454 e. The van der Waals surface area contributed by atoms with Crippen LogP contribution in [0.25, 0.3) is 0 Å². The maximum Gasteiger partial charge on any atom is 0.251 e. The molecule has 2 aliphatic rings. The standard InChI is InChI=1S/C13H16N2O3.ClH/c16-13(15-10-2-1-5-14-7-10)9-3-4-11-12(6-9)18-8-17-11;/h3-4,6,10,14H,1-2,5,7-8H2,(H,15,16);1H/t10-;/m0./s1. The number of rotatable bonds is 2. The number of nitrogens with one attached hydrogen (secondary N) is 2. The van der Waals surface area contributed by atoms with Crippen LogP contribution in [0.3, 0.4) is 0 Å². The van der Waals surface area contributed by atoms with Crippen LogP contribution in [0.5, 0.6) is 11.5 Å². The molecule has 3 rings (SSSR count). The van der Waals surface area contributed by atoms with Crippen molar-refractivity contribution >= 4 is 18.3 Å². The van der Waals surface area contributed by atoms with Crippen molar-refractivity contribution in [2.24, 2.45) is 0 Å². The van der Waals surface area contributed by atoms with Crippen molar-refractivity contribution < 1.29 is 14.3 Å². The van der Waals surface area contributed by atoms with Gasteiger partial charge in [-0.25, -0.2) is 0 Å². The van der Waals surface area contributed by atoms with Gasteiger partial charge in [0.25, 0.3) is 5.91 Å². The van der Waals surface area contributed by atoms with Crippen molar-refractivity contribution in [1.29, 1.82) is 0 Å². The third-order valence-corrected chi connectivity index (χ3v) is 3.27. The maximum atomic E-state index is 12.1. The highest BCUT2D eigenvalue weighted by Gasteiger charge is 2.19. The zero-order valence-corrected chi connectivity index (χ0v) is 11.3. The predicted molar refractivity (Wildman–Crippen MR) is 73.2 cm³/mol. The third-order valence-electron chi connectivity index (χ3n) is 3.27. The molecule has 6 heteroatoms. The summed E-state index contributed by atoms with van der Waals surface area (Å²) in [5.74, 6) is 1.29. The van der Waals surface area contributed by atoms with Crippen molar-refractivity contribution in [3.8, 4) is 11.5 Å². The number of hydrogen-bond donors (Lipinski definition) is 2. The molecule has 1 atom stereocenters. The highest BCUT2D eigenvalue weighted by molar-refractivity contribution is 5.95. The number of benzene rings is 1. The maximum absolute atomic E-state index is 12.1. The van der Waals surface area contributed by atoms with Gasteiger partial charge in [0, 0.05) is 18.2 Å². The monoisotopic (exact) mass is 284 g/mol. The van der Waals surface area contributed by atoms with Crippen LogP contribution in [0.1, 0.15) is 23.2 Å². The van der Waals surface area contributed by atoms with Crippen LogP contribution in [-0.4, -0.2) is 31.8 Å². The van der Waals surface area contributed by atoms with E-state index in [0.717, 1.165) is 25.9 Å². The average molecular weight is 285 g/mol. The van der Waals surface area contributed by atoms with Crippen molar-refractivity contribution in [2.75, 3.05) is 19.9 Å². The Kier molecular flexibility index (Phi) is 4.50. The second kappa shape index (κ2) is 6.12. The lowest BCUT2D eigenvalue weighted by Crippen LogP contribution is -2.45. The molecule has 0 aromatic heterocycles. The lowest BCUT2D eigenvalue weighted by molar-refractivity contribution is 0.0930. The van der Waals surface area contributed by atoms with E-state index in [0.29, 0.717) is 17.1 Å². The summed E-state index contributed by atoms with van der Waals surface area (Å²) < 4.78 is 10.5. The quantitative estimate of drug-likeness (QED) is 0.860. The molecule has 19 heavy (non-hydrogen) atoms. The molecule has 0 aliphatic carbocycles. The molecular weight excluding hydrogens is 268 g/mol. The van der Waals surface area contributed by atoms with Gasteiger partial charge in [0.2, 0.25) is 6.79 Å². The number of hydrogen-bond acceptors (Lipinski definition) is 4. The summed E-state index contributed by atoms with van der Waals surface area (Å²) in [6.07, 6.45) is 2.13. The fourth-order valence-corrected chi connectivity index (χ4v) is 2.28. The van der Waals surface area contributed by atoms with Crippen LogP contribution in [-0.2, 0) is 0 Å². The molecule has 2 aliphatic heterocycles. The van der Waals surface area contributed by atoms with Gasteiger partial charge in [-0.05, 0) is 37.6 Å². The van der Waals surface area contributed by atoms with Crippen LogP contribution in [0.4, 0.5) is 0 Å². The molecule has 1 saturated heterocycles. The second-order valence-electron chi connectivity index (χ2n) is 4.58. The van der Waals surface area contributed by atoms with Crippen molar-refractivity contribution in [1.82, 2.24) is 10.6 Å². The largest absolute Gasteiger partial charge is 0.454 e. The van der Waals surface area contributed by atoms with Crippen molar-refractivity contribution in [2.45, 2.75) is 18.9 Å². The van der Waals surface area contributed by atoms with E-state index in [1.54, 1.807) is 18.2 Å². The molecule has 1 aromatic carbocycles.